The summed E-state index contributed by atoms with van der Waals surface area (Å²) in [7, 11) is 0. The van der Waals surface area contributed by atoms with Gasteiger partial charge < -0.3 is 15.5 Å². The summed E-state index contributed by atoms with van der Waals surface area (Å²) in [5.74, 6) is -0.330. The van der Waals surface area contributed by atoms with Gasteiger partial charge in [-0.05, 0) is 18.6 Å². The van der Waals surface area contributed by atoms with E-state index in [1.54, 1.807) is 24.4 Å². The van der Waals surface area contributed by atoms with Crippen LogP contribution in [0.25, 0.3) is 0 Å². The largest absolute Gasteiger partial charge is 0.342 e. The lowest BCUT2D eigenvalue weighted by atomic mass is 10.2. The zero-order valence-corrected chi connectivity index (χ0v) is 15.7. The number of nitrogens with one attached hydrogen (secondary N) is 2. The smallest absolute Gasteiger partial charge is 0.270 e. The van der Waals surface area contributed by atoms with Gasteiger partial charge >= 0.3 is 0 Å². The van der Waals surface area contributed by atoms with Crippen molar-refractivity contribution in [2.24, 2.45) is 0 Å². The average molecular weight is 390 g/mol. The van der Waals surface area contributed by atoms with Gasteiger partial charge in [0.05, 0.1) is 6.54 Å². The first-order valence-corrected chi connectivity index (χ1v) is 8.16. The second-order valence-corrected chi connectivity index (χ2v) is 5.97. The van der Waals surface area contributed by atoms with E-state index in [0.29, 0.717) is 11.7 Å². The highest BCUT2D eigenvalue weighted by molar-refractivity contribution is 5.94. The molecule has 3 rings (SSSR count). The van der Waals surface area contributed by atoms with Crippen molar-refractivity contribution >= 4 is 36.6 Å². The Morgan fingerprint density at radius 1 is 1.20 bits per heavy atom. The van der Waals surface area contributed by atoms with E-state index in [9.17, 15) is 9.59 Å². The van der Waals surface area contributed by atoms with Gasteiger partial charge in [-0.15, -0.1) is 24.8 Å². The minimum atomic E-state index is -0.309. The number of amides is 2. The molecule has 2 N–H and O–H groups in total. The fourth-order valence-corrected chi connectivity index (χ4v) is 3.17. The molecule has 1 aromatic rings. The number of rotatable bonds is 4. The molecule has 2 aliphatic heterocycles. The molecule has 0 saturated carbocycles. The van der Waals surface area contributed by atoms with E-state index in [0.717, 1.165) is 45.7 Å². The third-order valence-corrected chi connectivity index (χ3v) is 4.48. The number of piperazine rings is 1. The Morgan fingerprint density at radius 2 is 1.96 bits per heavy atom. The minimum absolute atomic E-state index is 0. The molecule has 25 heavy (non-hydrogen) atoms. The topological polar surface area (TPSA) is 77.6 Å². The fourth-order valence-electron chi connectivity index (χ4n) is 3.17. The third-order valence-electron chi connectivity index (χ3n) is 4.48. The molecule has 0 spiro atoms. The summed E-state index contributed by atoms with van der Waals surface area (Å²) in [5, 5.41) is 6.00. The maximum Gasteiger partial charge on any atom is 0.270 e. The van der Waals surface area contributed by atoms with Crippen molar-refractivity contribution in [2.45, 2.75) is 12.5 Å². The molecule has 140 valence electrons. The molecular weight excluding hydrogens is 365 g/mol. The number of carbonyl (C=O) groups excluding carboxylic acids is 2. The molecule has 1 unspecified atom stereocenters. The quantitative estimate of drug-likeness (QED) is 0.766. The lowest BCUT2D eigenvalue weighted by Crippen LogP contribution is -2.49. The number of likely N-dealkylation sites (tertiary alicyclic amines) is 1. The molecule has 7 nitrogen and oxygen atoms in total. The van der Waals surface area contributed by atoms with Gasteiger partial charge in [0.2, 0.25) is 5.91 Å². The van der Waals surface area contributed by atoms with Gasteiger partial charge in [-0.2, -0.15) is 0 Å². The van der Waals surface area contributed by atoms with Crippen LogP contribution in [-0.2, 0) is 4.79 Å². The Morgan fingerprint density at radius 3 is 2.64 bits per heavy atom. The Bertz CT molecular complexity index is 555. The number of carbonyl (C=O) groups is 2. The number of aromatic nitrogens is 1. The van der Waals surface area contributed by atoms with Crippen molar-refractivity contribution in [2.75, 3.05) is 45.8 Å². The standard InChI is InChI=1S/C16H23N5O2.2ClH/c22-15(11-19-16(23)14-3-1-2-5-18-14)21-8-4-13(12-21)20-9-6-17-7-10-20;;/h1-3,5,13,17H,4,6-12H2,(H,19,23);2*1H. The first-order valence-electron chi connectivity index (χ1n) is 8.16. The van der Waals surface area contributed by atoms with E-state index in [4.69, 9.17) is 0 Å². The van der Waals surface area contributed by atoms with Crippen LogP contribution in [0.1, 0.15) is 16.9 Å². The maximum atomic E-state index is 12.3. The first kappa shape index (κ1) is 21.6. The van der Waals surface area contributed by atoms with Crippen LogP contribution >= 0.6 is 24.8 Å². The van der Waals surface area contributed by atoms with Gasteiger partial charge in [0.1, 0.15) is 5.69 Å². The Kier molecular flexibility index (Phi) is 9.13. The summed E-state index contributed by atoms with van der Waals surface area (Å²) >= 11 is 0. The van der Waals surface area contributed by atoms with Crippen LogP contribution in [0.2, 0.25) is 0 Å². The molecule has 1 atom stereocenters. The van der Waals surface area contributed by atoms with Crippen LogP contribution in [0.3, 0.4) is 0 Å². The van der Waals surface area contributed by atoms with E-state index < -0.39 is 0 Å². The normalized spacial score (nSPS) is 20.3. The second kappa shape index (κ2) is 10.6. The summed E-state index contributed by atoms with van der Waals surface area (Å²) in [6.07, 6.45) is 2.58. The lowest BCUT2D eigenvalue weighted by molar-refractivity contribution is -0.129. The molecule has 9 heteroatoms. The van der Waals surface area contributed by atoms with Crippen LogP contribution in [0.15, 0.2) is 24.4 Å². The highest BCUT2D eigenvalue weighted by atomic mass is 35.5. The van der Waals surface area contributed by atoms with Crippen molar-refractivity contribution in [3.05, 3.63) is 30.1 Å². The summed E-state index contributed by atoms with van der Waals surface area (Å²) in [6, 6.07) is 5.59. The summed E-state index contributed by atoms with van der Waals surface area (Å²) in [4.78, 5) is 32.5. The van der Waals surface area contributed by atoms with Gasteiger partial charge in [-0.3, -0.25) is 19.5 Å². The molecule has 3 heterocycles. The van der Waals surface area contributed by atoms with Crippen LogP contribution in [0.4, 0.5) is 0 Å². The number of hydrogen-bond acceptors (Lipinski definition) is 5. The molecule has 0 aliphatic carbocycles. The van der Waals surface area contributed by atoms with Gasteiger partial charge in [0, 0.05) is 51.5 Å². The van der Waals surface area contributed by atoms with Gasteiger partial charge in [-0.1, -0.05) is 6.07 Å². The van der Waals surface area contributed by atoms with Crippen LogP contribution < -0.4 is 10.6 Å². The molecular formula is C16H25Cl2N5O2. The highest BCUT2D eigenvalue weighted by Gasteiger charge is 2.30. The molecule has 2 aliphatic rings. The Hall–Kier alpha value is -1.41. The number of nitrogens with zero attached hydrogens (tertiary/aromatic N) is 3. The van der Waals surface area contributed by atoms with E-state index in [-0.39, 0.29) is 43.2 Å². The van der Waals surface area contributed by atoms with E-state index in [1.165, 1.54) is 0 Å². The minimum Gasteiger partial charge on any atom is -0.342 e. The molecule has 2 amide bonds. The van der Waals surface area contributed by atoms with Crippen molar-refractivity contribution < 1.29 is 9.59 Å². The summed E-state index contributed by atoms with van der Waals surface area (Å²) in [6.45, 7) is 5.69. The van der Waals surface area contributed by atoms with Crippen LogP contribution in [-0.4, -0.2) is 78.5 Å². The number of pyridine rings is 1. The first-order chi connectivity index (χ1) is 11.2. The zero-order chi connectivity index (χ0) is 16.1. The average Bonchev–Trinajstić information content (AvgIpc) is 3.11. The van der Waals surface area contributed by atoms with Gasteiger partial charge in [0.25, 0.3) is 5.91 Å². The van der Waals surface area contributed by atoms with Crippen molar-refractivity contribution in [1.82, 2.24) is 25.4 Å². The highest BCUT2D eigenvalue weighted by Crippen LogP contribution is 2.16. The molecule has 2 fully saturated rings. The monoisotopic (exact) mass is 389 g/mol. The summed E-state index contributed by atoms with van der Waals surface area (Å²) in [5.41, 5.74) is 0.334. The van der Waals surface area contributed by atoms with Crippen LogP contribution in [0, 0.1) is 0 Å². The SMILES string of the molecule is Cl.Cl.O=C(NCC(=O)N1CCC(N2CCNCC2)C1)c1ccccn1. The van der Waals surface area contributed by atoms with Gasteiger partial charge in [0.15, 0.2) is 0 Å². The molecule has 2 saturated heterocycles. The number of halogens is 2. The van der Waals surface area contributed by atoms with Crippen LogP contribution in [0.5, 0.6) is 0 Å². The zero-order valence-electron chi connectivity index (χ0n) is 14.0. The van der Waals surface area contributed by atoms with E-state index >= 15 is 0 Å². The van der Waals surface area contributed by atoms with Gasteiger partial charge in [-0.25, -0.2) is 0 Å². The van der Waals surface area contributed by atoms with Crippen molar-refractivity contribution in [3.63, 3.8) is 0 Å². The maximum absolute atomic E-state index is 12.3. The number of hydrogen-bond donors (Lipinski definition) is 2. The predicted molar refractivity (Wildman–Crippen MR) is 100 cm³/mol. The second-order valence-electron chi connectivity index (χ2n) is 5.97. The summed E-state index contributed by atoms with van der Waals surface area (Å²) < 4.78 is 0. The molecule has 1 aromatic heterocycles. The van der Waals surface area contributed by atoms with Crippen molar-refractivity contribution in [3.8, 4) is 0 Å². The van der Waals surface area contributed by atoms with E-state index in [1.807, 2.05) is 4.90 Å². The molecule has 0 radical (unpaired) electrons. The molecule has 0 aromatic carbocycles. The molecule has 0 bridgehead atoms. The van der Waals surface area contributed by atoms with Crippen molar-refractivity contribution in [1.29, 1.82) is 0 Å². The Balaban J connectivity index is 0.00000156. The Labute approximate surface area is 160 Å². The lowest BCUT2D eigenvalue weighted by Gasteiger charge is -2.32. The van der Waals surface area contributed by atoms with E-state index in [2.05, 4.69) is 20.5 Å². The predicted octanol–water partition coefficient (Wildman–Crippen LogP) is 0.161. The third kappa shape index (κ3) is 5.81. The fraction of sp³-hybridized carbons (Fsp3) is 0.562.